The molecule has 4 nitrogen and oxygen atoms in total. The molecule has 1 aromatic carbocycles. The van der Waals surface area contributed by atoms with E-state index in [-0.39, 0.29) is 12.0 Å². The normalized spacial score (nSPS) is 18.5. The molecule has 0 aliphatic carbocycles. The van der Waals surface area contributed by atoms with Gasteiger partial charge in [0.15, 0.2) is 6.10 Å². The molecule has 1 amide bonds. The quantitative estimate of drug-likeness (QED) is 0.816. The molecule has 0 radical (unpaired) electrons. The van der Waals surface area contributed by atoms with Crippen molar-refractivity contribution < 1.29 is 9.53 Å². The molecule has 0 fully saturated rings. The molecule has 19 heavy (non-hydrogen) atoms. The first kappa shape index (κ1) is 13.9. The molecule has 1 aliphatic heterocycles. The van der Waals surface area contributed by atoms with Crippen LogP contribution in [0.4, 0.5) is 0 Å². The van der Waals surface area contributed by atoms with E-state index in [0.717, 1.165) is 24.2 Å². The topological polar surface area (TPSA) is 64.3 Å². The van der Waals surface area contributed by atoms with Gasteiger partial charge in [-0.05, 0) is 30.5 Å². The zero-order valence-corrected chi connectivity index (χ0v) is 11.4. The highest BCUT2D eigenvalue weighted by atomic mass is 16.5. The van der Waals surface area contributed by atoms with Gasteiger partial charge in [0.25, 0.3) is 5.91 Å². The molecule has 3 N–H and O–H groups in total. The lowest BCUT2D eigenvalue weighted by atomic mass is 10.0. The first-order valence-corrected chi connectivity index (χ1v) is 6.97. The molecule has 104 valence electrons. The Balaban J connectivity index is 1.83. The maximum atomic E-state index is 12.1. The van der Waals surface area contributed by atoms with Gasteiger partial charge in [0, 0.05) is 13.0 Å². The number of carbonyl (C=O) groups is 1. The van der Waals surface area contributed by atoms with E-state index in [9.17, 15) is 4.79 Å². The summed E-state index contributed by atoms with van der Waals surface area (Å²) in [6, 6.07) is 7.81. The summed E-state index contributed by atoms with van der Waals surface area (Å²) in [5.74, 6) is 1.26. The van der Waals surface area contributed by atoms with Crippen LogP contribution in [0.25, 0.3) is 0 Å². The molecule has 0 saturated heterocycles. The largest absolute Gasteiger partial charge is 0.480 e. The summed E-state index contributed by atoms with van der Waals surface area (Å²) in [4.78, 5) is 12.1. The summed E-state index contributed by atoms with van der Waals surface area (Å²) >= 11 is 0. The van der Waals surface area contributed by atoms with Crippen molar-refractivity contribution in [2.75, 3.05) is 13.1 Å². The van der Waals surface area contributed by atoms with Gasteiger partial charge in [-0.2, -0.15) is 0 Å². The number of carbonyl (C=O) groups excluding carboxylic acids is 1. The number of rotatable bonds is 6. The fourth-order valence-electron chi connectivity index (χ4n) is 2.37. The SMILES string of the molecule is CCC(CCN)CNC(=O)C1Cc2ccccc2O1. The average Bonchev–Trinajstić information content (AvgIpc) is 2.87. The molecule has 0 saturated carbocycles. The van der Waals surface area contributed by atoms with Gasteiger partial charge in [0.1, 0.15) is 5.75 Å². The third kappa shape index (κ3) is 3.47. The second kappa shape index (κ2) is 6.57. The van der Waals surface area contributed by atoms with Crippen LogP contribution in [0.15, 0.2) is 24.3 Å². The minimum atomic E-state index is -0.382. The van der Waals surface area contributed by atoms with Crippen molar-refractivity contribution in [2.24, 2.45) is 11.7 Å². The fourth-order valence-corrected chi connectivity index (χ4v) is 2.37. The zero-order valence-electron chi connectivity index (χ0n) is 11.4. The van der Waals surface area contributed by atoms with Crippen LogP contribution in [0.2, 0.25) is 0 Å². The van der Waals surface area contributed by atoms with E-state index >= 15 is 0 Å². The minimum absolute atomic E-state index is 0.0216. The Morgan fingerprint density at radius 2 is 2.32 bits per heavy atom. The van der Waals surface area contributed by atoms with E-state index in [2.05, 4.69) is 12.2 Å². The van der Waals surface area contributed by atoms with Gasteiger partial charge in [0.2, 0.25) is 0 Å². The predicted octanol–water partition coefficient (Wildman–Crippen LogP) is 1.48. The van der Waals surface area contributed by atoms with Crippen molar-refractivity contribution in [3.05, 3.63) is 29.8 Å². The maximum absolute atomic E-state index is 12.1. The van der Waals surface area contributed by atoms with Gasteiger partial charge in [-0.3, -0.25) is 4.79 Å². The summed E-state index contributed by atoms with van der Waals surface area (Å²) in [7, 11) is 0. The first-order chi connectivity index (χ1) is 9.24. The fraction of sp³-hybridized carbons (Fsp3) is 0.533. The lowest BCUT2D eigenvalue weighted by Gasteiger charge is -2.16. The molecule has 1 heterocycles. The molecule has 4 heteroatoms. The van der Waals surface area contributed by atoms with Crippen molar-refractivity contribution in [2.45, 2.75) is 32.3 Å². The molecule has 1 aliphatic rings. The zero-order chi connectivity index (χ0) is 13.7. The Hall–Kier alpha value is -1.55. The average molecular weight is 262 g/mol. The van der Waals surface area contributed by atoms with Crippen LogP contribution < -0.4 is 15.8 Å². The summed E-state index contributed by atoms with van der Waals surface area (Å²) in [5, 5.41) is 2.98. The first-order valence-electron chi connectivity index (χ1n) is 6.97. The summed E-state index contributed by atoms with van der Waals surface area (Å²) in [6.45, 7) is 3.47. The van der Waals surface area contributed by atoms with Crippen LogP contribution in [0.5, 0.6) is 5.75 Å². The Labute approximate surface area is 114 Å². The molecule has 2 atom stereocenters. The number of ether oxygens (including phenoxy) is 1. The minimum Gasteiger partial charge on any atom is -0.480 e. The standard InChI is InChI=1S/C15H22N2O2/c1-2-11(7-8-16)10-17-15(18)14-9-12-5-3-4-6-13(12)19-14/h3-6,11,14H,2,7-10,16H2,1H3,(H,17,18). The number of para-hydroxylation sites is 1. The van der Waals surface area contributed by atoms with Gasteiger partial charge in [-0.15, -0.1) is 0 Å². The number of hydrogen-bond donors (Lipinski definition) is 2. The Morgan fingerprint density at radius 1 is 1.53 bits per heavy atom. The van der Waals surface area contributed by atoms with Gasteiger partial charge in [0.05, 0.1) is 0 Å². The van der Waals surface area contributed by atoms with Gasteiger partial charge < -0.3 is 15.8 Å². The highest BCUT2D eigenvalue weighted by molar-refractivity contribution is 5.82. The van der Waals surface area contributed by atoms with Gasteiger partial charge in [-0.25, -0.2) is 0 Å². The van der Waals surface area contributed by atoms with Crippen molar-refractivity contribution >= 4 is 5.91 Å². The lowest BCUT2D eigenvalue weighted by Crippen LogP contribution is -2.40. The van der Waals surface area contributed by atoms with E-state index in [4.69, 9.17) is 10.5 Å². The Morgan fingerprint density at radius 3 is 3.00 bits per heavy atom. The van der Waals surface area contributed by atoms with Crippen LogP contribution >= 0.6 is 0 Å². The van der Waals surface area contributed by atoms with E-state index in [1.54, 1.807) is 0 Å². The van der Waals surface area contributed by atoms with Crippen molar-refractivity contribution in [3.8, 4) is 5.75 Å². The molecule has 2 rings (SSSR count). The van der Waals surface area contributed by atoms with E-state index in [0.29, 0.717) is 25.4 Å². The van der Waals surface area contributed by atoms with Crippen LogP contribution in [0.3, 0.4) is 0 Å². The highest BCUT2D eigenvalue weighted by Crippen LogP contribution is 2.28. The summed E-state index contributed by atoms with van der Waals surface area (Å²) in [6.07, 6.45) is 2.26. The second-order valence-electron chi connectivity index (χ2n) is 5.02. The Kier molecular flexibility index (Phi) is 4.80. The summed E-state index contributed by atoms with van der Waals surface area (Å²) < 4.78 is 5.66. The number of hydrogen-bond acceptors (Lipinski definition) is 3. The van der Waals surface area contributed by atoms with Gasteiger partial charge >= 0.3 is 0 Å². The second-order valence-corrected chi connectivity index (χ2v) is 5.02. The molecule has 2 unspecified atom stereocenters. The van der Waals surface area contributed by atoms with Crippen LogP contribution in [0.1, 0.15) is 25.3 Å². The third-order valence-corrected chi connectivity index (χ3v) is 3.66. The predicted molar refractivity (Wildman–Crippen MR) is 75.0 cm³/mol. The van der Waals surface area contributed by atoms with Crippen LogP contribution in [-0.4, -0.2) is 25.1 Å². The van der Waals surface area contributed by atoms with E-state index in [1.807, 2.05) is 24.3 Å². The van der Waals surface area contributed by atoms with Crippen LogP contribution in [-0.2, 0) is 11.2 Å². The molecule has 0 spiro atoms. The monoisotopic (exact) mass is 262 g/mol. The Bertz CT molecular complexity index is 409. The van der Waals surface area contributed by atoms with Crippen molar-refractivity contribution in [3.63, 3.8) is 0 Å². The number of nitrogens with two attached hydrogens (primary N) is 1. The molecular weight excluding hydrogens is 240 g/mol. The molecule has 1 aromatic rings. The smallest absolute Gasteiger partial charge is 0.261 e. The van der Waals surface area contributed by atoms with E-state index < -0.39 is 0 Å². The molecule has 0 aromatic heterocycles. The highest BCUT2D eigenvalue weighted by Gasteiger charge is 2.28. The van der Waals surface area contributed by atoms with Crippen molar-refractivity contribution in [1.82, 2.24) is 5.32 Å². The lowest BCUT2D eigenvalue weighted by molar-refractivity contribution is -0.127. The molecular formula is C15H22N2O2. The number of amides is 1. The number of fused-ring (bicyclic) bond motifs is 1. The van der Waals surface area contributed by atoms with Crippen molar-refractivity contribution in [1.29, 1.82) is 0 Å². The summed E-state index contributed by atoms with van der Waals surface area (Å²) in [5.41, 5.74) is 6.66. The molecule has 0 bridgehead atoms. The van der Waals surface area contributed by atoms with E-state index in [1.165, 1.54) is 0 Å². The van der Waals surface area contributed by atoms with Gasteiger partial charge in [-0.1, -0.05) is 31.5 Å². The number of benzene rings is 1. The number of nitrogens with one attached hydrogen (secondary N) is 1. The van der Waals surface area contributed by atoms with Crippen LogP contribution in [0, 0.1) is 5.92 Å². The maximum Gasteiger partial charge on any atom is 0.261 e. The third-order valence-electron chi connectivity index (χ3n) is 3.66.